The van der Waals surface area contributed by atoms with Crippen molar-refractivity contribution >= 4 is 10.0 Å². The third kappa shape index (κ3) is 3.34. The van der Waals surface area contributed by atoms with Crippen molar-refractivity contribution in [3.8, 4) is 0 Å². The zero-order chi connectivity index (χ0) is 14.2. The molecule has 2 unspecified atom stereocenters. The zero-order valence-electron chi connectivity index (χ0n) is 11.5. The fourth-order valence-corrected chi connectivity index (χ4v) is 2.88. The number of sulfonamides is 1. The molecule has 0 bridgehead atoms. The molecule has 2 atom stereocenters. The van der Waals surface area contributed by atoms with E-state index in [0.717, 1.165) is 18.7 Å². The maximum atomic E-state index is 11.4. The molecule has 2 N–H and O–H groups in total. The lowest BCUT2D eigenvalue weighted by molar-refractivity contribution is 0.0451. The summed E-state index contributed by atoms with van der Waals surface area (Å²) >= 11 is 0. The number of hydrogen-bond donors (Lipinski definition) is 1. The van der Waals surface area contributed by atoms with E-state index >= 15 is 0 Å². The molecule has 19 heavy (non-hydrogen) atoms. The van der Waals surface area contributed by atoms with Gasteiger partial charge in [0.05, 0.1) is 18.8 Å². The van der Waals surface area contributed by atoms with Crippen molar-refractivity contribution in [2.75, 3.05) is 0 Å². The van der Waals surface area contributed by atoms with Gasteiger partial charge in [-0.05, 0) is 19.8 Å². The van der Waals surface area contributed by atoms with Gasteiger partial charge in [0.2, 0.25) is 0 Å². The van der Waals surface area contributed by atoms with Crippen molar-refractivity contribution in [2.24, 2.45) is 5.14 Å². The Kier molecular flexibility index (Phi) is 3.98. The van der Waals surface area contributed by atoms with Crippen molar-refractivity contribution in [1.29, 1.82) is 0 Å². The van der Waals surface area contributed by atoms with Crippen LogP contribution in [0.2, 0.25) is 0 Å². The topological polar surface area (TPSA) is 87.2 Å². The highest BCUT2D eigenvalue weighted by molar-refractivity contribution is 7.89. The Morgan fingerprint density at radius 3 is 2.68 bits per heavy atom. The van der Waals surface area contributed by atoms with Gasteiger partial charge >= 0.3 is 0 Å². The number of nitrogens with two attached hydrogens (primary N) is 1. The van der Waals surface area contributed by atoms with Crippen molar-refractivity contribution in [3.63, 3.8) is 0 Å². The lowest BCUT2D eigenvalue weighted by Crippen LogP contribution is -2.18. The number of primary sulfonamides is 1. The monoisotopic (exact) mass is 287 g/mol. The van der Waals surface area contributed by atoms with E-state index in [1.54, 1.807) is 0 Å². The van der Waals surface area contributed by atoms with Gasteiger partial charge in [0, 0.05) is 12.1 Å². The van der Waals surface area contributed by atoms with Gasteiger partial charge in [0.25, 0.3) is 10.0 Å². The fraction of sp³-hybridized carbons (Fsp3) is 0.750. The Balaban J connectivity index is 2.25. The maximum Gasteiger partial charge on any atom is 0.257 e. The predicted octanol–water partition coefficient (Wildman–Crippen LogP) is 1.22. The van der Waals surface area contributed by atoms with Crippen LogP contribution in [0.5, 0.6) is 0 Å². The van der Waals surface area contributed by atoms with Gasteiger partial charge in [-0.25, -0.2) is 18.5 Å². The van der Waals surface area contributed by atoms with E-state index in [1.807, 2.05) is 25.3 Å². The Hall–Kier alpha value is -0.920. The van der Waals surface area contributed by atoms with Gasteiger partial charge in [-0.3, -0.25) is 0 Å². The molecule has 0 aromatic carbocycles. The lowest BCUT2D eigenvalue weighted by atomic mass is 10.2. The van der Waals surface area contributed by atoms with Crippen LogP contribution in [-0.2, 0) is 21.3 Å². The fourth-order valence-electron chi connectivity index (χ4n) is 2.39. The Labute approximate surface area is 114 Å². The molecule has 1 saturated heterocycles. The van der Waals surface area contributed by atoms with E-state index in [-0.39, 0.29) is 23.2 Å². The molecule has 1 aromatic rings. The molecule has 0 radical (unpaired) electrons. The third-order valence-corrected chi connectivity index (χ3v) is 4.09. The Bertz CT molecular complexity index is 551. The average Bonchev–Trinajstić information content (AvgIpc) is 2.85. The highest BCUT2D eigenvalue weighted by Crippen LogP contribution is 2.23. The first-order valence-corrected chi connectivity index (χ1v) is 8.07. The van der Waals surface area contributed by atoms with E-state index in [1.165, 1.54) is 6.20 Å². The minimum absolute atomic E-state index is 0.0674. The second-order valence-electron chi connectivity index (χ2n) is 5.44. The van der Waals surface area contributed by atoms with Crippen LogP contribution < -0.4 is 5.14 Å². The molecule has 0 amide bonds. The molecule has 0 spiro atoms. The van der Waals surface area contributed by atoms with Crippen molar-refractivity contribution < 1.29 is 13.2 Å². The summed E-state index contributed by atoms with van der Waals surface area (Å²) in [4.78, 5) is 4.14. The van der Waals surface area contributed by atoms with Gasteiger partial charge in [-0.15, -0.1) is 0 Å². The van der Waals surface area contributed by atoms with E-state index in [2.05, 4.69) is 4.98 Å². The molecule has 1 aliphatic heterocycles. The van der Waals surface area contributed by atoms with Crippen molar-refractivity contribution in [3.05, 3.63) is 12.0 Å². The van der Waals surface area contributed by atoms with E-state index in [0.29, 0.717) is 6.54 Å². The summed E-state index contributed by atoms with van der Waals surface area (Å²) in [5.74, 6) is 0.863. The van der Waals surface area contributed by atoms with Crippen LogP contribution in [0.1, 0.15) is 45.4 Å². The van der Waals surface area contributed by atoms with Gasteiger partial charge in [0.15, 0.2) is 5.03 Å². The molecule has 0 aliphatic carbocycles. The molecule has 1 aliphatic rings. The molecule has 108 valence electrons. The van der Waals surface area contributed by atoms with Crippen LogP contribution >= 0.6 is 0 Å². The number of imidazole rings is 1. The number of nitrogens with zero attached hydrogens (tertiary/aromatic N) is 2. The van der Waals surface area contributed by atoms with Crippen LogP contribution in [-0.4, -0.2) is 30.2 Å². The normalized spacial score (nSPS) is 24.3. The van der Waals surface area contributed by atoms with E-state index in [4.69, 9.17) is 9.88 Å². The minimum atomic E-state index is -3.76. The lowest BCUT2D eigenvalue weighted by Gasteiger charge is -2.15. The third-order valence-electron chi connectivity index (χ3n) is 3.31. The molecule has 2 rings (SSSR count). The molecule has 1 aromatic heterocycles. The molecule has 2 heterocycles. The van der Waals surface area contributed by atoms with Gasteiger partial charge in [0.1, 0.15) is 5.82 Å². The number of rotatable bonds is 4. The maximum absolute atomic E-state index is 11.4. The summed E-state index contributed by atoms with van der Waals surface area (Å²) < 4.78 is 30.4. The molecule has 6 nitrogen and oxygen atoms in total. The quantitative estimate of drug-likeness (QED) is 0.902. The molecule has 0 saturated carbocycles. The van der Waals surface area contributed by atoms with Crippen LogP contribution in [0, 0.1) is 0 Å². The SMILES string of the molecule is CC1CCC(Cn2cc(S(N)(=O)=O)nc2C(C)C)O1. The summed E-state index contributed by atoms with van der Waals surface area (Å²) in [7, 11) is -3.76. The molecule has 1 fully saturated rings. The van der Waals surface area contributed by atoms with Crippen molar-refractivity contribution in [1.82, 2.24) is 9.55 Å². The minimum Gasteiger partial charge on any atom is -0.373 e. The standard InChI is InChI=1S/C12H21N3O3S/c1-8(2)12-14-11(19(13,16)17)7-15(12)6-10-5-4-9(3)18-10/h7-10H,4-6H2,1-3H3,(H2,13,16,17). The van der Waals surface area contributed by atoms with Gasteiger partial charge in [-0.2, -0.15) is 0 Å². The highest BCUT2D eigenvalue weighted by Gasteiger charge is 2.25. The first-order chi connectivity index (χ1) is 8.77. The van der Waals surface area contributed by atoms with Crippen LogP contribution in [0.3, 0.4) is 0 Å². The molecular weight excluding hydrogens is 266 g/mol. The summed E-state index contributed by atoms with van der Waals surface area (Å²) in [5.41, 5.74) is 0. The highest BCUT2D eigenvalue weighted by atomic mass is 32.2. The Morgan fingerprint density at radius 1 is 1.53 bits per heavy atom. The van der Waals surface area contributed by atoms with Crippen LogP contribution in [0.4, 0.5) is 0 Å². The first-order valence-electron chi connectivity index (χ1n) is 6.52. The van der Waals surface area contributed by atoms with Crippen molar-refractivity contribution in [2.45, 2.75) is 63.3 Å². The summed E-state index contributed by atoms with van der Waals surface area (Å²) in [6.45, 7) is 6.63. The van der Waals surface area contributed by atoms with E-state index < -0.39 is 10.0 Å². The van der Waals surface area contributed by atoms with Gasteiger partial charge in [-0.1, -0.05) is 13.8 Å². The van der Waals surface area contributed by atoms with E-state index in [9.17, 15) is 8.42 Å². The second-order valence-corrected chi connectivity index (χ2v) is 6.94. The summed E-state index contributed by atoms with van der Waals surface area (Å²) in [6, 6.07) is 0. The molecular formula is C12H21N3O3S. The number of ether oxygens (including phenoxy) is 1. The van der Waals surface area contributed by atoms with Gasteiger partial charge < -0.3 is 9.30 Å². The summed E-state index contributed by atoms with van der Waals surface area (Å²) in [6.07, 6.45) is 3.93. The largest absolute Gasteiger partial charge is 0.373 e. The zero-order valence-corrected chi connectivity index (χ0v) is 12.4. The number of aromatic nitrogens is 2. The Morgan fingerprint density at radius 2 is 2.21 bits per heavy atom. The first kappa shape index (κ1) is 14.5. The average molecular weight is 287 g/mol. The molecule has 7 heteroatoms. The number of hydrogen-bond acceptors (Lipinski definition) is 4. The second kappa shape index (κ2) is 5.22. The van der Waals surface area contributed by atoms with Crippen LogP contribution in [0.15, 0.2) is 11.2 Å². The smallest absolute Gasteiger partial charge is 0.257 e. The summed E-state index contributed by atoms with van der Waals surface area (Å²) in [5, 5.41) is 5.07. The predicted molar refractivity (Wildman–Crippen MR) is 71.3 cm³/mol. The van der Waals surface area contributed by atoms with Crippen LogP contribution in [0.25, 0.3) is 0 Å².